The number of nitrogens with zero attached hydrogens (tertiary/aromatic N) is 2. The third-order valence-electron chi connectivity index (χ3n) is 5.16. The smallest absolute Gasteiger partial charge is 0.282 e. The lowest BCUT2D eigenvalue weighted by Gasteiger charge is -2.20. The summed E-state index contributed by atoms with van der Waals surface area (Å²) >= 11 is 0. The molecule has 4 rings (SSSR count). The third-order valence-corrected chi connectivity index (χ3v) is 5.16. The normalized spacial score (nSPS) is 17.0. The van der Waals surface area contributed by atoms with E-state index in [2.05, 4.69) is 0 Å². The molecule has 2 heterocycles. The number of halogens is 2. The molecule has 0 spiro atoms. The Morgan fingerprint density at radius 1 is 0.900 bits per heavy atom. The predicted molar refractivity (Wildman–Crippen MR) is 109 cm³/mol. The molecular formula is C23H22F2N2O3. The Labute approximate surface area is 173 Å². The van der Waals surface area contributed by atoms with Crippen molar-refractivity contribution in [3.8, 4) is 5.75 Å². The van der Waals surface area contributed by atoms with Gasteiger partial charge in [-0.05, 0) is 56.5 Å². The molecule has 1 saturated heterocycles. The molecule has 30 heavy (non-hydrogen) atoms. The fraction of sp³-hybridized carbons (Fsp3) is 0.304. The van der Waals surface area contributed by atoms with Gasteiger partial charge in [-0.1, -0.05) is 12.1 Å². The standard InChI is InChI=1S/C23H22F2N2O3/c1-14(2)30-17-8-5-15(6-9-17)20-21(26-11-3-4-12-26)23(29)27(22(20)28)16-7-10-18(24)19(25)13-16/h5-10,13-14H,3-4,11-12H2,1-2H3. The fourth-order valence-electron chi connectivity index (χ4n) is 3.84. The first-order chi connectivity index (χ1) is 14.4. The van der Waals surface area contributed by atoms with Crippen LogP contribution in [0.5, 0.6) is 5.75 Å². The van der Waals surface area contributed by atoms with Crippen molar-refractivity contribution < 1.29 is 23.1 Å². The lowest BCUT2D eigenvalue weighted by Crippen LogP contribution is -2.34. The maximum atomic E-state index is 13.8. The van der Waals surface area contributed by atoms with Crippen molar-refractivity contribution in [2.45, 2.75) is 32.8 Å². The summed E-state index contributed by atoms with van der Waals surface area (Å²) in [6.45, 7) is 5.16. The molecule has 0 bridgehead atoms. The molecule has 156 valence electrons. The van der Waals surface area contributed by atoms with E-state index in [4.69, 9.17) is 4.74 Å². The minimum Gasteiger partial charge on any atom is -0.491 e. The average molecular weight is 412 g/mol. The van der Waals surface area contributed by atoms with Gasteiger partial charge in [-0.15, -0.1) is 0 Å². The zero-order valence-electron chi connectivity index (χ0n) is 16.8. The van der Waals surface area contributed by atoms with Crippen molar-refractivity contribution >= 4 is 23.1 Å². The van der Waals surface area contributed by atoms with Gasteiger partial charge in [0.05, 0.1) is 17.4 Å². The molecule has 2 amide bonds. The first kappa shape index (κ1) is 20.1. The van der Waals surface area contributed by atoms with Crippen LogP contribution in [0.15, 0.2) is 48.2 Å². The number of ether oxygens (including phenoxy) is 1. The number of hydrogen-bond donors (Lipinski definition) is 0. The first-order valence-corrected chi connectivity index (χ1v) is 9.97. The summed E-state index contributed by atoms with van der Waals surface area (Å²) in [4.78, 5) is 29.4. The minimum atomic E-state index is -1.11. The number of benzene rings is 2. The number of imide groups is 1. The second-order valence-corrected chi connectivity index (χ2v) is 7.65. The Kier molecular flexibility index (Phi) is 5.28. The molecule has 0 radical (unpaired) electrons. The van der Waals surface area contributed by atoms with Crippen LogP contribution in [0.2, 0.25) is 0 Å². The van der Waals surface area contributed by atoms with E-state index >= 15 is 0 Å². The number of amides is 2. The van der Waals surface area contributed by atoms with Crippen molar-refractivity contribution in [3.05, 3.63) is 65.4 Å². The van der Waals surface area contributed by atoms with Crippen molar-refractivity contribution in [2.24, 2.45) is 0 Å². The zero-order chi connectivity index (χ0) is 21.4. The van der Waals surface area contributed by atoms with Gasteiger partial charge in [0.15, 0.2) is 11.6 Å². The number of carbonyl (C=O) groups excluding carboxylic acids is 2. The van der Waals surface area contributed by atoms with Crippen LogP contribution >= 0.6 is 0 Å². The lowest BCUT2D eigenvalue weighted by atomic mass is 10.0. The van der Waals surface area contributed by atoms with Gasteiger partial charge >= 0.3 is 0 Å². The quantitative estimate of drug-likeness (QED) is 0.693. The Morgan fingerprint density at radius 3 is 2.17 bits per heavy atom. The minimum absolute atomic E-state index is 0.00813. The summed E-state index contributed by atoms with van der Waals surface area (Å²) in [6, 6.07) is 10.0. The van der Waals surface area contributed by atoms with E-state index in [-0.39, 0.29) is 17.4 Å². The Balaban J connectivity index is 1.77. The number of carbonyl (C=O) groups is 2. The SMILES string of the molecule is CC(C)Oc1ccc(C2=C(N3CCCC3)C(=O)N(c3ccc(F)c(F)c3)C2=O)cc1. The fourth-order valence-corrected chi connectivity index (χ4v) is 3.84. The van der Waals surface area contributed by atoms with Crippen molar-refractivity contribution in [1.82, 2.24) is 4.90 Å². The van der Waals surface area contributed by atoms with E-state index in [1.165, 1.54) is 6.07 Å². The summed E-state index contributed by atoms with van der Waals surface area (Å²) in [5.41, 5.74) is 1.16. The second-order valence-electron chi connectivity index (χ2n) is 7.65. The van der Waals surface area contributed by atoms with Crippen LogP contribution in [0.25, 0.3) is 5.57 Å². The highest BCUT2D eigenvalue weighted by Gasteiger charge is 2.43. The van der Waals surface area contributed by atoms with Gasteiger partial charge in [0.2, 0.25) is 0 Å². The summed E-state index contributed by atoms with van der Waals surface area (Å²) < 4.78 is 32.8. The number of hydrogen-bond acceptors (Lipinski definition) is 4. The average Bonchev–Trinajstić information content (AvgIpc) is 3.31. The van der Waals surface area contributed by atoms with Crippen LogP contribution < -0.4 is 9.64 Å². The van der Waals surface area contributed by atoms with E-state index in [1.54, 1.807) is 24.3 Å². The van der Waals surface area contributed by atoms with Crippen molar-refractivity contribution in [1.29, 1.82) is 0 Å². The highest BCUT2D eigenvalue weighted by Crippen LogP contribution is 2.36. The summed E-state index contributed by atoms with van der Waals surface area (Å²) in [7, 11) is 0. The second kappa shape index (κ2) is 7.89. The molecule has 2 aliphatic rings. The molecule has 0 saturated carbocycles. The van der Waals surface area contributed by atoms with Crippen LogP contribution in [0.1, 0.15) is 32.3 Å². The van der Waals surface area contributed by atoms with Crippen LogP contribution in [-0.2, 0) is 9.59 Å². The Morgan fingerprint density at radius 2 is 1.57 bits per heavy atom. The first-order valence-electron chi connectivity index (χ1n) is 9.97. The van der Waals surface area contributed by atoms with Crippen molar-refractivity contribution in [3.63, 3.8) is 0 Å². The largest absolute Gasteiger partial charge is 0.491 e. The molecule has 0 N–H and O–H groups in total. The highest BCUT2D eigenvalue weighted by atomic mass is 19.2. The molecule has 7 heteroatoms. The Bertz CT molecular complexity index is 1030. The Hall–Kier alpha value is -3.22. The van der Waals surface area contributed by atoms with E-state index in [0.717, 1.165) is 29.9 Å². The van der Waals surface area contributed by atoms with Gasteiger partial charge in [-0.3, -0.25) is 9.59 Å². The van der Waals surface area contributed by atoms with Gasteiger partial charge in [0.25, 0.3) is 11.8 Å². The molecule has 0 unspecified atom stereocenters. The summed E-state index contributed by atoms with van der Waals surface area (Å²) in [5, 5.41) is 0. The van der Waals surface area contributed by atoms with E-state index in [0.29, 0.717) is 30.1 Å². The molecule has 0 atom stereocenters. The number of rotatable bonds is 5. The van der Waals surface area contributed by atoms with Crippen LogP contribution in [0.3, 0.4) is 0 Å². The van der Waals surface area contributed by atoms with Gasteiger partial charge < -0.3 is 9.64 Å². The van der Waals surface area contributed by atoms with Gasteiger partial charge in [-0.25, -0.2) is 13.7 Å². The lowest BCUT2D eigenvalue weighted by molar-refractivity contribution is -0.120. The van der Waals surface area contributed by atoms with E-state index in [1.807, 2.05) is 18.7 Å². The predicted octanol–water partition coefficient (Wildman–Crippen LogP) is 4.13. The molecule has 0 aliphatic carbocycles. The maximum Gasteiger partial charge on any atom is 0.282 e. The summed E-state index contributed by atoms with van der Waals surface area (Å²) in [5.74, 6) is -2.56. The molecule has 2 aromatic rings. The van der Waals surface area contributed by atoms with E-state index < -0.39 is 23.4 Å². The van der Waals surface area contributed by atoms with Crippen LogP contribution in [-0.4, -0.2) is 35.9 Å². The monoisotopic (exact) mass is 412 g/mol. The van der Waals surface area contributed by atoms with Crippen LogP contribution in [0, 0.1) is 11.6 Å². The third kappa shape index (κ3) is 3.56. The number of anilines is 1. The highest BCUT2D eigenvalue weighted by molar-refractivity contribution is 6.45. The molecule has 2 aliphatic heterocycles. The summed E-state index contributed by atoms with van der Waals surface area (Å²) in [6.07, 6.45) is 1.85. The molecule has 0 aromatic heterocycles. The maximum absolute atomic E-state index is 13.8. The molecule has 1 fully saturated rings. The molecule has 2 aromatic carbocycles. The van der Waals surface area contributed by atoms with Gasteiger partial charge in [-0.2, -0.15) is 0 Å². The van der Waals surface area contributed by atoms with Gasteiger partial charge in [0, 0.05) is 19.2 Å². The van der Waals surface area contributed by atoms with Crippen LogP contribution in [0.4, 0.5) is 14.5 Å². The molecule has 5 nitrogen and oxygen atoms in total. The van der Waals surface area contributed by atoms with Crippen molar-refractivity contribution in [2.75, 3.05) is 18.0 Å². The topological polar surface area (TPSA) is 49.9 Å². The zero-order valence-corrected chi connectivity index (χ0v) is 16.8. The van der Waals surface area contributed by atoms with E-state index in [9.17, 15) is 18.4 Å². The van der Waals surface area contributed by atoms with Gasteiger partial charge in [0.1, 0.15) is 11.4 Å². The number of likely N-dealkylation sites (tertiary alicyclic amines) is 1. The molecular weight excluding hydrogens is 390 g/mol.